The molecule has 0 saturated heterocycles. The van der Waals surface area contributed by atoms with Crippen molar-refractivity contribution in [1.29, 1.82) is 0 Å². The molecule has 0 fully saturated rings. The second-order valence-corrected chi connectivity index (χ2v) is 4.33. The summed E-state index contributed by atoms with van der Waals surface area (Å²) in [5.74, 6) is 5.10. The number of hydrogen-bond donors (Lipinski definition) is 1. The van der Waals surface area contributed by atoms with Gasteiger partial charge < -0.3 is 15.4 Å². The molecule has 0 radical (unpaired) electrons. The van der Waals surface area contributed by atoms with Gasteiger partial charge in [0, 0.05) is 32.4 Å². The van der Waals surface area contributed by atoms with Crippen molar-refractivity contribution in [3.05, 3.63) is 29.6 Å². The number of nitrogens with two attached hydrogens (primary N) is 1. The lowest BCUT2D eigenvalue weighted by molar-refractivity contribution is -0.140. The number of esters is 1. The van der Waals surface area contributed by atoms with Gasteiger partial charge in [0.2, 0.25) is 0 Å². The van der Waals surface area contributed by atoms with E-state index >= 15 is 0 Å². The molecule has 0 spiro atoms. The first-order valence-electron chi connectivity index (χ1n) is 6.55. The van der Waals surface area contributed by atoms with Crippen LogP contribution in [0.5, 0.6) is 0 Å². The number of rotatable bonds is 5. The maximum absolute atomic E-state index is 12.4. The fourth-order valence-electron chi connectivity index (χ4n) is 1.70. The fourth-order valence-corrected chi connectivity index (χ4v) is 1.70. The molecule has 0 aromatic carbocycles. The van der Waals surface area contributed by atoms with E-state index in [0.717, 1.165) is 0 Å². The average Bonchev–Trinajstić information content (AvgIpc) is 2.52. The first kappa shape index (κ1) is 16.7. The maximum atomic E-state index is 12.4. The summed E-state index contributed by atoms with van der Waals surface area (Å²) in [7, 11) is 3.02. The van der Waals surface area contributed by atoms with Crippen molar-refractivity contribution >= 4 is 11.9 Å². The van der Waals surface area contributed by atoms with Crippen molar-refractivity contribution in [2.75, 3.05) is 27.2 Å². The maximum Gasteiger partial charge on any atom is 0.305 e. The molecule has 6 nitrogen and oxygen atoms in total. The van der Waals surface area contributed by atoms with Crippen molar-refractivity contribution in [2.45, 2.75) is 12.8 Å². The lowest BCUT2D eigenvalue weighted by Crippen LogP contribution is -2.28. The summed E-state index contributed by atoms with van der Waals surface area (Å²) >= 11 is 0. The zero-order valence-electron chi connectivity index (χ0n) is 12.3. The molecular weight excluding hydrogens is 270 g/mol. The topological polar surface area (TPSA) is 85.5 Å². The molecule has 2 N–H and O–H groups in total. The van der Waals surface area contributed by atoms with Crippen LogP contribution < -0.4 is 5.73 Å². The van der Waals surface area contributed by atoms with Crippen LogP contribution in [-0.2, 0) is 9.53 Å². The van der Waals surface area contributed by atoms with Crippen LogP contribution in [0, 0.1) is 11.8 Å². The smallest absolute Gasteiger partial charge is 0.305 e. The van der Waals surface area contributed by atoms with Gasteiger partial charge in [-0.3, -0.25) is 14.6 Å². The number of nitrogens with zero attached hydrogens (tertiary/aromatic N) is 2. The van der Waals surface area contributed by atoms with Gasteiger partial charge in [-0.15, -0.1) is 0 Å². The second kappa shape index (κ2) is 8.72. The quantitative estimate of drug-likeness (QED) is 0.627. The molecule has 1 rings (SSSR count). The number of methoxy groups -OCH3 is 1. The first-order valence-corrected chi connectivity index (χ1v) is 6.55. The fraction of sp³-hybridized carbons (Fsp3) is 0.400. The predicted molar refractivity (Wildman–Crippen MR) is 78.4 cm³/mol. The lowest BCUT2D eigenvalue weighted by atomic mass is 10.1. The third-order valence-electron chi connectivity index (χ3n) is 2.83. The Balaban J connectivity index is 2.72. The molecule has 0 atom stereocenters. The van der Waals surface area contributed by atoms with Gasteiger partial charge in [-0.05, 0) is 12.5 Å². The van der Waals surface area contributed by atoms with Crippen LogP contribution in [0.1, 0.15) is 28.8 Å². The normalized spacial score (nSPS) is 9.48. The van der Waals surface area contributed by atoms with Gasteiger partial charge >= 0.3 is 5.97 Å². The van der Waals surface area contributed by atoms with Gasteiger partial charge in [0.15, 0.2) is 0 Å². The molecule has 21 heavy (non-hydrogen) atoms. The van der Waals surface area contributed by atoms with Crippen LogP contribution in [0.4, 0.5) is 0 Å². The number of ether oxygens (including phenoxy) is 1. The minimum atomic E-state index is -0.283. The minimum absolute atomic E-state index is 0.163. The van der Waals surface area contributed by atoms with Crippen LogP contribution >= 0.6 is 0 Å². The standard InChI is InChI=1S/C15H19N3O3/c1-18(10-4-6-14(19)21-2)15(20)13-7-9-17-11-12(13)5-3-8-16/h7,9,11H,4,6,8,10,16H2,1-2H3. The Bertz CT molecular complexity index is 561. The van der Waals surface area contributed by atoms with Crippen LogP contribution in [0.3, 0.4) is 0 Å². The molecule has 1 aromatic heterocycles. The van der Waals surface area contributed by atoms with E-state index in [-0.39, 0.29) is 24.8 Å². The van der Waals surface area contributed by atoms with Gasteiger partial charge in [0.25, 0.3) is 5.91 Å². The Labute approximate surface area is 124 Å². The zero-order valence-corrected chi connectivity index (χ0v) is 12.3. The van der Waals surface area contributed by atoms with Gasteiger partial charge in [0.1, 0.15) is 0 Å². The van der Waals surface area contributed by atoms with E-state index in [4.69, 9.17) is 5.73 Å². The van der Waals surface area contributed by atoms with Crippen molar-refractivity contribution < 1.29 is 14.3 Å². The van der Waals surface area contributed by atoms with Crippen LogP contribution in [0.25, 0.3) is 0 Å². The Morgan fingerprint density at radius 1 is 1.48 bits per heavy atom. The van der Waals surface area contributed by atoms with Gasteiger partial charge in [-0.2, -0.15) is 0 Å². The molecule has 0 aliphatic heterocycles. The average molecular weight is 289 g/mol. The van der Waals surface area contributed by atoms with Gasteiger partial charge in [-0.1, -0.05) is 11.8 Å². The molecule has 1 amide bonds. The summed E-state index contributed by atoms with van der Waals surface area (Å²) < 4.78 is 4.56. The summed E-state index contributed by atoms with van der Waals surface area (Å²) in [6, 6.07) is 1.62. The van der Waals surface area contributed by atoms with E-state index in [0.29, 0.717) is 24.1 Å². The summed E-state index contributed by atoms with van der Waals surface area (Å²) in [6.07, 6.45) is 3.91. The van der Waals surface area contributed by atoms with Crippen molar-refractivity contribution in [1.82, 2.24) is 9.88 Å². The molecule has 112 valence electrons. The largest absolute Gasteiger partial charge is 0.469 e. The third-order valence-corrected chi connectivity index (χ3v) is 2.83. The van der Waals surface area contributed by atoms with E-state index in [1.807, 2.05) is 0 Å². The Morgan fingerprint density at radius 2 is 2.24 bits per heavy atom. The number of amides is 1. The third kappa shape index (κ3) is 5.24. The summed E-state index contributed by atoms with van der Waals surface area (Å²) in [5.41, 5.74) is 6.36. The van der Waals surface area contributed by atoms with Crippen LogP contribution in [-0.4, -0.2) is 49.0 Å². The Hall–Kier alpha value is -2.39. The van der Waals surface area contributed by atoms with Crippen molar-refractivity contribution in [3.63, 3.8) is 0 Å². The monoisotopic (exact) mass is 289 g/mol. The molecule has 0 saturated carbocycles. The highest BCUT2D eigenvalue weighted by Gasteiger charge is 2.15. The SMILES string of the molecule is COC(=O)CCCN(C)C(=O)c1ccncc1C#CCN. The van der Waals surface area contributed by atoms with E-state index in [1.54, 1.807) is 24.2 Å². The molecular formula is C15H19N3O3. The van der Waals surface area contributed by atoms with E-state index in [2.05, 4.69) is 21.6 Å². The van der Waals surface area contributed by atoms with Gasteiger partial charge in [-0.25, -0.2) is 0 Å². The van der Waals surface area contributed by atoms with Crippen LogP contribution in [0.2, 0.25) is 0 Å². The molecule has 0 aliphatic rings. The highest BCUT2D eigenvalue weighted by Crippen LogP contribution is 2.09. The molecule has 0 bridgehead atoms. The van der Waals surface area contributed by atoms with Crippen LogP contribution in [0.15, 0.2) is 18.5 Å². The van der Waals surface area contributed by atoms with Crippen molar-refractivity contribution in [2.24, 2.45) is 5.73 Å². The number of hydrogen-bond acceptors (Lipinski definition) is 5. The van der Waals surface area contributed by atoms with E-state index in [9.17, 15) is 9.59 Å². The highest BCUT2D eigenvalue weighted by molar-refractivity contribution is 5.96. The molecule has 6 heteroatoms. The number of pyridine rings is 1. The zero-order chi connectivity index (χ0) is 15.7. The first-order chi connectivity index (χ1) is 10.1. The minimum Gasteiger partial charge on any atom is -0.469 e. The number of carbonyl (C=O) groups is 2. The Kier molecular flexibility index (Phi) is 6.92. The van der Waals surface area contributed by atoms with Crippen molar-refractivity contribution in [3.8, 4) is 11.8 Å². The number of carbonyl (C=O) groups excluding carboxylic acids is 2. The highest BCUT2D eigenvalue weighted by atomic mass is 16.5. The van der Waals surface area contributed by atoms with E-state index < -0.39 is 0 Å². The summed E-state index contributed by atoms with van der Waals surface area (Å²) in [6.45, 7) is 0.678. The Morgan fingerprint density at radius 3 is 2.90 bits per heavy atom. The summed E-state index contributed by atoms with van der Waals surface area (Å²) in [5, 5.41) is 0. The second-order valence-electron chi connectivity index (χ2n) is 4.33. The molecule has 1 aromatic rings. The predicted octanol–water partition coefficient (Wildman–Crippen LogP) is 0.417. The van der Waals surface area contributed by atoms with E-state index in [1.165, 1.54) is 13.3 Å². The molecule has 0 aliphatic carbocycles. The van der Waals surface area contributed by atoms with Gasteiger partial charge in [0.05, 0.1) is 24.8 Å². The lowest BCUT2D eigenvalue weighted by Gasteiger charge is -2.17. The number of aromatic nitrogens is 1. The molecule has 1 heterocycles. The molecule has 0 unspecified atom stereocenters. The summed E-state index contributed by atoms with van der Waals surface area (Å²) in [4.78, 5) is 28.9.